The van der Waals surface area contributed by atoms with Crippen molar-refractivity contribution in [3.8, 4) is 0 Å². The maximum Gasteiger partial charge on any atom is -0.00989 e. The molecular formula is C31H20. The van der Waals surface area contributed by atoms with Gasteiger partial charge in [0.05, 0.1) is 0 Å². The lowest BCUT2D eigenvalue weighted by molar-refractivity contribution is 1.60. The molecule has 0 saturated carbocycles. The van der Waals surface area contributed by atoms with Gasteiger partial charge in [-0.25, -0.2) is 0 Å². The van der Waals surface area contributed by atoms with Gasteiger partial charge >= 0.3 is 0 Å². The minimum Gasteiger partial charge on any atom is -0.0616 e. The molecule has 0 fully saturated rings. The lowest BCUT2D eigenvalue weighted by Crippen LogP contribution is -1.87. The van der Waals surface area contributed by atoms with Crippen molar-refractivity contribution in [2.24, 2.45) is 0 Å². The predicted octanol–water partition coefficient (Wildman–Crippen LogP) is 8.91. The molecule has 31 heavy (non-hydrogen) atoms. The smallest absolute Gasteiger partial charge is 0.00989 e. The van der Waals surface area contributed by atoms with Crippen molar-refractivity contribution in [3.63, 3.8) is 0 Å². The molecule has 0 N–H and O–H groups in total. The van der Waals surface area contributed by atoms with Crippen molar-refractivity contribution in [1.82, 2.24) is 0 Å². The molecule has 0 bridgehead atoms. The Kier molecular flexibility index (Phi) is 3.29. The van der Waals surface area contributed by atoms with Crippen LogP contribution < -0.4 is 0 Å². The maximum absolute atomic E-state index is 2.40. The summed E-state index contributed by atoms with van der Waals surface area (Å²) < 4.78 is 0. The lowest BCUT2D eigenvalue weighted by Gasteiger charge is -2.13. The van der Waals surface area contributed by atoms with Gasteiger partial charge in [-0.3, -0.25) is 0 Å². The lowest BCUT2D eigenvalue weighted by atomic mass is 9.91. The third-order valence-electron chi connectivity index (χ3n) is 6.95. The van der Waals surface area contributed by atoms with Crippen LogP contribution in [0.2, 0.25) is 0 Å². The Morgan fingerprint density at radius 1 is 0.323 bits per heavy atom. The normalized spacial score (nSPS) is 12.0. The van der Waals surface area contributed by atoms with E-state index in [2.05, 4.69) is 110 Å². The van der Waals surface area contributed by atoms with Gasteiger partial charge < -0.3 is 0 Å². The summed E-state index contributed by atoms with van der Waals surface area (Å²) in [6.45, 7) is 2.27. The van der Waals surface area contributed by atoms with Crippen LogP contribution in [-0.4, -0.2) is 0 Å². The molecule has 0 spiro atoms. The Hall–Kier alpha value is -3.90. The van der Waals surface area contributed by atoms with E-state index in [1.54, 1.807) is 0 Å². The molecule has 7 aromatic rings. The van der Waals surface area contributed by atoms with Gasteiger partial charge in [0.25, 0.3) is 0 Å². The Balaban J connectivity index is 1.63. The van der Waals surface area contributed by atoms with E-state index in [1.165, 1.54) is 70.2 Å². The Morgan fingerprint density at radius 3 is 1.48 bits per heavy atom. The van der Waals surface area contributed by atoms with Crippen LogP contribution in [0.5, 0.6) is 0 Å². The Morgan fingerprint density at radius 2 is 0.774 bits per heavy atom. The summed E-state index contributed by atoms with van der Waals surface area (Å²) in [7, 11) is 0. The van der Waals surface area contributed by atoms with Gasteiger partial charge in [-0.1, -0.05) is 72.8 Å². The second-order valence-corrected chi connectivity index (χ2v) is 8.66. The molecule has 0 aliphatic rings. The fourth-order valence-electron chi connectivity index (χ4n) is 5.34. The van der Waals surface area contributed by atoms with Crippen molar-refractivity contribution in [1.29, 1.82) is 0 Å². The average Bonchev–Trinajstić information content (AvgIpc) is 2.82. The number of hydrogen-bond donors (Lipinski definition) is 0. The molecule has 0 aliphatic carbocycles. The van der Waals surface area contributed by atoms with E-state index in [4.69, 9.17) is 0 Å². The van der Waals surface area contributed by atoms with E-state index in [-0.39, 0.29) is 0 Å². The molecule has 144 valence electrons. The molecule has 0 heteroatoms. The van der Waals surface area contributed by atoms with Gasteiger partial charge in [0, 0.05) is 0 Å². The molecule has 0 radical (unpaired) electrons. The predicted molar refractivity (Wildman–Crippen MR) is 136 cm³/mol. The van der Waals surface area contributed by atoms with E-state index >= 15 is 0 Å². The molecule has 0 saturated heterocycles. The van der Waals surface area contributed by atoms with Crippen LogP contribution in [0, 0.1) is 6.92 Å². The molecule has 0 atom stereocenters. The molecule has 0 aromatic heterocycles. The largest absolute Gasteiger partial charge is 0.0616 e. The molecule has 0 amide bonds. The fourth-order valence-corrected chi connectivity index (χ4v) is 5.34. The zero-order valence-electron chi connectivity index (χ0n) is 17.3. The van der Waals surface area contributed by atoms with Crippen LogP contribution in [0.4, 0.5) is 0 Å². The highest BCUT2D eigenvalue weighted by Crippen LogP contribution is 2.37. The maximum atomic E-state index is 2.40. The number of fused-ring (bicyclic) bond motifs is 8. The van der Waals surface area contributed by atoms with Crippen molar-refractivity contribution in [2.75, 3.05) is 0 Å². The van der Waals surface area contributed by atoms with Crippen LogP contribution in [0.3, 0.4) is 0 Å². The fraction of sp³-hybridized carbons (Fsp3) is 0.0323. The highest BCUT2D eigenvalue weighted by molar-refractivity contribution is 6.18. The first kappa shape index (κ1) is 16.8. The third kappa shape index (κ3) is 2.36. The van der Waals surface area contributed by atoms with E-state index in [9.17, 15) is 0 Å². The highest BCUT2D eigenvalue weighted by Gasteiger charge is 2.10. The number of aryl methyl sites for hydroxylation is 1. The monoisotopic (exact) mass is 392 g/mol. The highest BCUT2D eigenvalue weighted by atomic mass is 14.1. The molecule has 0 unspecified atom stereocenters. The Labute approximate surface area is 180 Å². The topological polar surface area (TPSA) is 0 Å². The first-order chi connectivity index (χ1) is 15.3. The van der Waals surface area contributed by atoms with E-state index in [0.717, 1.165) is 0 Å². The minimum absolute atomic E-state index is 1.30. The van der Waals surface area contributed by atoms with Crippen LogP contribution in [0.25, 0.3) is 64.6 Å². The summed E-state index contributed by atoms with van der Waals surface area (Å²) in [6, 6.07) is 38.2. The number of rotatable bonds is 0. The van der Waals surface area contributed by atoms with Crippen molar-refractivity contribution >= 4 is 64.6 Å². The minimum atomic E-state index is 1.30. The Bertz CT molecular complexity index is 1840. The average molecular weight is 393 g/mol. The third-order valence-corrected chi connectivity index (χ3v) is 6.95. The molecular weight excluding hydrogens is 372 g/mol. The van der Waals surface area contributed by atoms with Crippen LogP contribution in [0.15, 0.2) is 103 Å². The molecule has 0 heterocycles. The van der Waals surface area contributed by atoms with Crippen molar-refractivity contribution < 1.29 is 0 Å². The summed E-state index contributed by atoms with van der Waals surface area (Å²) in [6.07, 6.45) is 0. The zero-order chi connectivity index (χ0) is 20.5. The second-order valence-electron chi connectivity index (χ2n) is 8.66. The molecule has 0 aliphatic heterocycles. The standard InChI is InChI=1S/C31H20/c1-19-28-16-23-13-11-20-6-2-4-8-26(20)30(23)17-25(28)15-24-14-22-12-10-21-7-3-5-9-27(21)31(22)18-29(19)24/h2-18H,1H3. The summed E-state index contributed by atoms with van der Waals surface area (Å²) >= 11 is 0. The van der Waals surface area contributed by atoms with Crippen LogP contribution in [0.1, 0.15) is 5.56 Å². The summed E-state index contributed by atoms with van der Waals surface area (Å²) in [5, 5.41) is 15.8. The molecule has 0 nitrogen and oxygen atoms in total. The molecule has 7 rings (SSSR count). The summed E-state index contributed by atoms with van der Waals surface area (Å²) in [5.74, 6) is 0. The molecule has 7 aromatic carbocycles. The van der Waals surface area contributed by atoms with Crippen LogP contribution in [-0.2, 0) is 0 Å². The van der Waals surface area contributed by atoms with Crippen molar-refractivity contribution in [3.05, 3.63) is 109 Å². The SMILES string of the molecule is Cc1c2cc3ccc4ccccc4c3cc2cc2cc3ccc4ccccc4c3cc12. The van der Waals surface area contributed by atoms with Gasteiger partial charge in [-0.2, -0.15) is 0 Å². The van der Waals surface area contributed by atoms with Gasteiger partial charge in [-0.15, -0.1) is 0 Å². The van der Waals surface area contributed by atoms with Gasteiger partial charge in [-0.05, 0) is 107 Å². The zero-order valence-corrected chi connectivity index (χ0v) is 17.3. The quantitative estimate of drug-likeness (QED) is 0.178. The number of benzene rings is 7. The van der Waals surface area contributed by atoms with E-state index < -0.39 is 0 Å². The van der Waals surface area contributed by atoms with Gasteiger partial charge in [0.1, 0.15) is 0 Å². The first-order valence-corrected chi connectivity index (χ1v) is 10.9. The summed E-state index contributed by atoms with van der Waals surface area (Å²) in [5.41, 5.74) is 1.36. The van der Waals surface area contributed by atoms with Crippen LogP contribution >= 0.6 is 0 Å². The van der Waals surface area contributed by atoms with E-state index in [1.807, 2.05) is 0 Å². The van der Waals surface area contributed by atoms with Gasteiger partial charge in [0.2, 0.25) is 0 Å². The van der Waals surface area contributed by atoms with E-state index in [0.29, 0.717) is 0 Å². The number of hydrogen-bond acceptors (Lipinski definition) is 0. The summed E-state index contributed by atoms with van der Waals surface area (Å²) in [4.78, 5) is 0. The van der Waals surface area contributed by atoms with Gasteiger partial charge in [0.15, 0.2) is 0 Å². The first-order valence-electron chi connectivity index (χ1n) is 10.9. The van der Waals surface area contributed by atoms with Crippen molar-refractivity contribution in [2.45, 2.75) is 6.92 Å². The second kappa shape index (κ2) is 6.06.